The van der Waals surface area contributed by atoms with Crippen LogP contribution in [0.5, 0.6) is 0 Å². The zero-order chi connectivity index (χ0) is 23.4. The number of fused-ring (bicyclic) bond motifs is 1. The SMILES string of the molecule is CN1CCCc2cc(C(CNC(=O)C(=O)Nc3ccc(F)c(Cl)c3)N3CCCCC3)ccc21. The Balaban J connectivity index is 1.46. The maximum absolute atomic E-state index is 13.3. The first-order valence-electron chi connectivity index (χ1n) is 11.5. The van der Waals surface area contributed by atoms with Gasteiger partial charge in [-0.2, -0.15) is 0 Å². The van der Waals surface area contributed by atoms with Gasteiger partial charge >= 0.3 is 11.8 Å². The number of amides is 2. The Kier molecular flexibility index (Phi) is 7.50. The minimum absolute atomic E-state index is 0.000141. The summed E-state index contributed by atoms with van der Waals surface area (Å²) in [6.07, 6.45) is 5.65. The van der Waals surface area contributed by atoms with Gasteiger partial charge < -0.3 is 15.5 Å². The number of carbonyl (C=O) groups is 2. The number of benzene rings is 2. The second-order valence-electron chi connectivity index (χ2n) is 8.82. The van der Waals surface area contributed by atoms with Gasteiger partial charge in [0.2, 0.25) is 0 Å². The number of rotatable bonds is 5. The third kappa shape index (κ3) is 5.65. The Morgan fingerprint density at radius 2 is 1.82 bits per heavy atom. The highest BCUT2D eigenvalue weighted by Crippen LogP contribution is 2.31. The first-order valence-corrected chi connectivity index (χ1v) is 11.9. The molecule has 0 saturated carbocycles. The van der Waals surface area contributed by atoms with Crippen LogP contribution in [0.15, 0.2) is 36.4 Å². The Bertz CT molecular complexity index is 1030. The van der Waals surface area contributed by atoms with Crippen LogP contribution in [0.4, 0.5) is 15.8 Å². The van der Waals surface area contributed by atoms with E-state index in [9.17, 15) is 14.0 Å². The number of hydrogen-bond acceptors (Lipinski definition) is 4. The van der Waals surface area contributed by atoms with E-state index in [4.69, 9.17) is 11.6 Å². The van der Waals surface area contributed by atoms with E-state index in [2.05, 4.69) is 45.7 Å². The number of piperidine rings is 1. The molecule has 2 aromatic carbocycles. The number of nitrogens with one attached hydrogen (secondary N) is 2. The Morgan fingerprint density at radius 1 is 1.03 bits per heavy atom. The van der Waals surface area contributed by atoms with Crippen molar-refractivity contribution in [1.29, 1.82) is 0 Å². The summed E-state index contributed by atoms with van der Waals surface area (Å²) in [6.45, 7) is 3.34. The standard InChI is InChI=1S/C25H30ClFN4O2/c1-30-11-5-6-17-14-18(7-10-22(17)30)23(31-12-3-2-4-13-31)16-28-24(32)25(33)29-19-8-9-21(27)20(26)15-19/h7-10,14-15,23H,2-6,11-13,16H2,1H3,(H,28,32)(H,29,33). The smallest absolute Gasteiger partial charge is 0.313 e. The van der Waals surface area contributed by atoms with Gasteiger partial charge in [0.25, 0.3) is 0 Å². The van der Waals surface area contributed by atoms with Crippen molar-refractivity contribution in [2.24, 2.45) is 0 Å². The van der Waals surface area contributed by atoms with Crippen molar-refractivity contribution in [3.8, 4) is 0 Å². The molecular weight excluding hydrogens is 443 g/mol. The number of aryl methyl sites for hydroxylation is 1. The van der Waals surface area contributed by atoms with Crippen LogP contribution < -0.4 is 15.5 Å². The molecule has 2 N–H and O–H groups in total. The normalized spacial score (nSPS) is 17.2. The summed E-state index contributed by atoms with van der Waals surface area (Å²) in [5.41, 5.74) is 4.04. The summed E-state index contributed by atoms with van der Waals surface area (Å²) in [4.78, 5) is 29.6. The number of anilines is 2. The van der Waals surface area contributed by atoms with Crippen molar-refractivity contribution >= 4 is 34.8 Å². The molecule has 0 spiro atoms. The highest BCUT2D eigenvalue weighted by molar-refractivity contribution is 6.39. The number of hydrogen-bond donors (Lipinski definition) is 2. The minimum Gasteiger partial charge on any atom is -0.374 e. The third-order valence-corrected chi connectivity index (χ3v) is 6.80. The maximum atomic E-state index is 13.3. The quantitative estimate of drug-likeness (QED) is 0.642. The van der Waals surface area contributed by atoms with E-state index >= 15 is 0 Å². The van der Waals surface area contributed by atoms with Crippen LogP contribution in [0.25, 0.3) is 0 Å². The van der Waals surface area contributed by atoms with Crippen molar-refractivity contribution in [2.75, 3.05) is 43.4 Å². The van der Waals surface area contributed by atoms with Crippen LogP contribution >= 0.6 is 11.6 Å². The molecule has 0 radical (unpaired) electrons. The van der Waals surface area contributed by atoms with Gasteiger partial charge in [0, 0.05) is 31.5 Å². The van der Waals surface area contributed by atoms with Crippen molar-refractivity contribution in [2.45, 2.75) is 38.1 Å². The molecule has 6 nitrogen and oxygen atoms in total. The fourth-order valence-electron chi connectivity index (χ4n) is 4.73. The average Bonchev–Trinajstić information content (AvgIpc) is 2.82. The van der Waals surface area contributed by atoms with Gasteiger partial charge in [0.1, 0.15) is 5.82 Å². The molecule has 2 heterocycles. The Morgan fingerprint density at radius 3 is 2.58 bits per heavy atom. The van der Waals surface area contributed by atoms with Gasteiger partial charge in [-0.05, 0) is 74.2 Å². The van der Waals surface area contributed by atoms with Gasteiger partial charge in [-0.15, -0.1) is 0 Å². The summed E-state index contributed by atoms with van der Waals surface area (Å²) in [5, 5.41) is 5.17. The van der Waals surface area contributed by atoms with Crippen molar-refractivity contribution in [3.05, 3.63) is 58.4 Å². The second kappa shape index (κ2) is 10.5. The van der Waals surface area contributed by atoms with Gasteiger partial charge in [-0.1, -0.05) is 30.2 Å². The summed E-state index contributed by atoms with van der Waals surface area (Å²) < 4.78 is 13.3. The van der Waals surface area contributed by atoms with E-state index in [1.165, 1.54) is 29.8 Å². The lowest BCUT2D eigenvalue weighted by Gasteiger charge is -2.36. The monoisotopic (exact) mass is 472 g/mol. The van der Waals surface area contributed by atoms with E-state index in [0.29, 0.717) is 6.54 Å². The maximum Gasteiger partial charge on any atom is 0.313 e. The highest BCUT2D eigenvalue weighted by atomic mass is 35.5. The lowest BCUT2D eigenvalue weighted by Crippen LogP contribution is -2.43. The lowest BCUT2D eigenvalue weighted by atomic mass is 9.95. The van der Waals surface area contributed by atoms with Crippen LogP contribution in [0.3, 0.4) is 0 Å². The van der Waals surface area contributed by atoms with E-state index in [1.807, 2.05) is 0 Å². The number of likely N-dealkylation sites (tertiary alicyclic amines) is 1. The van der Waals surface area contributed by atoms with E-state index in [-0.39, 0.29) is 16.8 Å². The number of carbonyl (C=O) groups excluding carboxylic acids is 2. The molecule has 2 aromatic rings. The molecule has 2 amide bonds. The summed E-state index contributed by atoms with van der Waals surface area (Å²) in [5.74, 6) is -2.11. The van der Waals surface area contributed by atoms with E-state index in [1.54, 1.807) is 0 Å². The zero-order valence-electron chi connectivity index (χ0n) is 18.9. The molecule has 0 bridgehead atoms. The predicted molar refractivity (Wildman–Crippen MR) is 129 cm³/mol. The van der Waals surface area contributed by atoms with E-state index in [0.717, 1.165) is 56.9 Å². The second-order valence-corrected chi connectivity index (χ2v) is 9.23. The third-order valence-electron chi connectivity index (χ3n) is 6.51. The molecule has 33 heavy (non-hydrogen) atoms. The first kappa shape index (κ1) is 23.5. The average molecular weight is 473 g/mol. The van der Waals surface area contributed by atoms with Crippen LogP contribution in [0.1, 0.15) is 42.9 Å². The fraction of sp³-hybridized carbons (Fsp3) is 0.440. The molecule has 2 aliphatic rings. The minimum atomic E-state index is -0.804. The molecule has 1 fully saturated rings. The van der Waals surface area contributed by atoms with Gasteiger partial charge in [0.05, 0.1) is 11.1 Å². The topological polar surface area (TPSA) is 64.7 Å². The molecule has 1 unspecified atom stereocenters. The molecule has 176 valence electrons. The molecule has 2 aliphatic heterocycles. The molecule has 8 heteroatoms. The number of halogens is 2. The van der Waals surface area contributed by atoms with Crippen LogP contribution in [0.2, 0.25) is 5.02 Å². The van der Waals surface area contributed by atoms with Crippen molar-refractivity contribution < 1.29 is 14.0 Å². The van der Waals surface area contributed by atoms with Gasteiger partial charge in [-0.3, -0.25) is 14.5 Å². The molecule has 0 aromatic heterocycles. The van der Waals surface area contributed by atoms with Gasteiger partial charge in [0.15, 0.2) is 0 Å². The predicted octanol–water partition coefficient (Wildman–Crippen LogP) is 4.14. The molecule has 4 rings (SSSR count). The molecular formula is C25H30ClFN4O2. The number of nitrogens with zero attached hydrogens (tertiary/aromatic N) is 2. The molecule has 1 saturated heterocycles. The van der Waals surface area contributed by atoms with Crippen LogP contribution in [-0.2, 0) is 16.0 Å². The van der Waals surface area contributed by atoms with Crippen molar-refractivity contribution in [1.82, 2.24) is 10.2 Å². The summed E-state index contributed by atoms with van der Waals surface area (Å²) in [7, 11) is 2.12. The van der Waals surface area contributed by atoms with Crippen LogP contribution in [-0.4, -0.2) is 49.9 Å². The van der Waals surface area contributed by atoms with Gasteiger partial charge in [-0.25, -0.2) is 4.39 Å². The summed E-state index contributed by atoms with van der Waals surface area (Å²) >= 11 is 5.76. The molecule has 0 aliphatic carbocycles. The fourth-order valence-corrected chi connectivity index (χ4v) is 4.91. The zero-order valence-corrected chi connectivity index (χ0v) is 19.6. The lowest BCUT2D eigenvalue weighted by molar-refractivity contribution is -0.136. The van der Waals surface area contributed by atoms with Crippen LogP contribution in [0, 0.1) is 5.82 Å². The Hall–Kier alpha value is -2.64. The van der Waals surface area contributed by atoms with E-state index < -0.39 is 17.6 Å². The van der Waals surface area contributed by atoms with Crippen molar-refractivity contribution in [3.63, 3.8) is 0 Å². The highest BCUT2D eigenvalue weighted by Gasteiger charge is 2.26. The largest absolute Gasteiger partial charge is 0.374 e. The summed E-state index contributed by atoms with van der Waals surface area (Å²) in [6, 6.07) is 10.4. The molecule has 1 atom stereocenters. The Labute approximate surface area is 199 Å². The first-order chi connectivity index (χ1) is 15.9.